The number of Topliss-reactive ketones (excluding diaryl/α,β-unsaturated/α-hetero) is 1. The molecule has 1 heterocycles. The predicted molar refractivity (Wildman–Crippen MR) is 128 cm³/mol. The molecule has 0 radical (unpaired) electrons. The number of thioether (sulfide) groups is 1. The number of halogens is 1. The molecule has 0 unspecified atom stereocenters. The average Bonchev–Trinajstić information content (AvgIpc) is 2.82. The number of carbonyl (C=O) groups is 4. The van der Waals surface area contributed by atoms with E-state index in [1.54, 1.807) is 48.5 Å². The van der Waals surface area contributed by atoms with E-state index in [0.29, 0.717) is 21.8 Å². The van der Waals surface area contributed by atoms with Crippen LogP contribution in [0.25, 0.3) is 0 Å². The maximum atomic E-state index is 12.8. The van der Waals surface area contributed by atoms with Gasteiger partial charge in [-0.3, -0.25) is 19.2 Å². The number of nitriles is 1. The molecule has 0 aromatic heterocycles. The van der Waals surface area contributed by atoms with Crippen molar-refractivity contribution in [1.82, 2.24) is 5.32 Å². The van der Waals surface area contributed by atoms with E-state index in [1.165, 1.54) is 14.0 Å². The Labute approximate surface area is 205 Å². The normalized spacial score (nSPS) is 17.4. The van der Waals surface area contributed by atoms with Gasteiger partial charge in [0.25, 0.3) is 0 Å². The highest BCUT2D eigenvalue weighted by atomic mass is 35.5. The Bertz CT molecular complexity index is 1220. The number of amides is 2. The van der Waals surface area contributed by atoms with Gasteiger partial charge in [-0.1, -0.05) is 47.6 Å². The third-order valence-corrected chi connectivity index (χ3v) is 6.38. The maximum absolute atomic E-state index is 12.8. The average molecular weight is 498 g/mol. The molecular weight excluding hydrogens is 478 g/mol. The van der Waals surface area contributed by atoms with Gasteiger partial charge in [0.05, 0.1) is 29.5 Å². The number of nitrogens with zero attached hydrogens (tertiary/aromatic N) is 1. The van der Waals surface area contributed by atoms with E-state index >= 15 is 0 Å². The van der Waals surface area contributed by atoms with Crippen LogP contribution in [0.15, 0.2) is 59.1 Å². The quantitative estimate of drug-likeness (QED) is 0.339. The smallest absolute Gasteiger partial charge is 0.319 e. The Morgan fingerprint density at radius 2 is 1.91 bits per heavy atom. The minimum Gasteiger partial charge on any atom is -0.468 e. The molecule has 2 amide bonds. The summed E-state index contributed by atoms with van der Waals surface area (Å²) in [7, 11) is 1.17. The molecule has 0 saturated carbocycles. The summed E-state index contributed by atoms with van der Waals surface area (Å²) in [5, 5.41) is 15.8. The summed E-state index contributed by atoms with van der Waals surface area (Å²) in [5.74, 6) is -4.24. The fourth-order valence-corrected chi connectivity index (χ4v) is 4.47. The van der Waals surface area contributed by atoms with Crippen molar-refractivity contribution in [3.8, 4) is 6.07 Å². The summed E-state index contributed by atoms with van der Waals surface area (Å²) in [5.41, 5.74) is 1.58. The second kappa shape index (κ2) is 11.0. The fourth-order valence-electron chi connectivity index (χ4n) is 3.50. The molecule has 1 aliphatic rings. The molecular formula is C24H20ClN3O5S. The number of hydrogen-bond acceptors (Lipinski definition) is 7. The lowest BCUT2D eigenvalue weighted by Gasteiger charge is -2.30. The summed E-state index contributed by atoms with van der Waals surface area (Å²) in [4.78, 5) is 49.3. The topological polar surface area (TPSA) is 125 Å². The Morgan fingerprint density at radius 1 is 1.21 bits per heavy atom. The largest absolute Gasteiger partial charge is 0.468 e. The summed E-state index contributed by atoms with van der Waals surface area (Å²) in [6.07, 6.45) is 0. The summed E-state index contributed by atoms with van der Waals surface area (Å²) in [6.45, 7) is 1.43. The number of ketones is 1. The van der Waals surface area contributed by atoms with Gasteiger partial charge >= 0.3 is 5.97 Å². The summed E-state index contributed by atoms with van der Waals surface area (Å²) < 4.78 is 4.80. The van der Waals surface area contributed by atoms with Gasteiger partial charge in [0, 0.05) is 22.2 Å². The van der Waals surface area contributed by atoms with Gasteiger partial charge in [0.1, 0.15) is 5.92 Å². The van der Waals surface area contributed by atoms with Crippen LogP contribution in [0.3, 0.4) is 0 Å². The first-order chi connectivity index (χ1) is 16.2. The lowest BCUT2D eigenvalue weighted by atomic mass is 9.78. The number of esters is 1. The number of anilines is 1. The van der Waals surface area contributed by atoms with Gasteiger partial charge in [-0.05, 0) is 36.8 Å². The van der Waals surface area contributed by atoms with E-state index < -0.39 is 29.6 Å². The first kappa shape index (κ1) is 25.0. The Hall–Kier alpha value is -3.61. The van der Waals surface area contributed by atoms with Crippen molar-refractivity contribution in [2.24, 2.45) is 5.92 Å². The third-order valence-electron chi connectivity index (χ3n) is 5.11. The molecule has 0 spiro atoms. The van der Waals surface area contributed by atoms with Gasteiger partial charge in [-0.2, -0.15) is 5.26 Å². The summed E-state index contributed by atoms with van der Waals surface area (Å²) in [6, 6.07) is 15.0. The number of carbonyl (C=O) groups excluding carboxylic acids is 4. The van der Waals surface area contributed by atoms with E-state index in [9.17, 15) is 24.4 Å². The second-order valence-corrected chi connectivity index (χ2v) is 8.77. The SMILES string of the molecule is COC(=O)[C@H]1C(=O)NC(SCC(=O)Nc2cccc(C(C)=O)c2)=C(C#N)[C@@H]1c1ccc(Cl)cc1. The van der Waals surface area contributed by atoms with Crippen molar-refractivity contribution in [3.63, 3.8) is 0 Å². The minimum atomic E-state index is -1.27. The predicted octanol–water partition coefficient (Wildman–Crippen LogP) is 3.65. The summed E-state index contributed by atoms with van der Waals surface area (Å²) >= 11 is 6.93. The molecule has 0 saturated heterocycles. The van der Waals surface area contributed by atoms with Crippen molar-refractivity contribution in [2.75, 3.05) is 18.2 Å². The molecule has 0 fully saturated rings. The molecule has 0 aliphatic carbocycles. The standard InChI is InChI=1S/C24H20ClN3O5S/c1-13(29)15-4-3-5-17(10-15)27-19(30)12-34-23-18(11-26)20(14-6-8-16(25)9-7-14)21(22(31)28-23)24(32)33-2/h3-10,20-21H,12H2,1-2H3,(H,27,30)(H,28,31)/t20-,21+/m0/s1. The third kappa shape index (κ3) is 5.65. The van der Waals surface area contributed by atoms with Crippen molar-refractivity contribution in [2.45, 2.75) is 12.8 Å². The maximum Gasteiger partial charge on any atom is 0.319 e. The van der Waals surface area contributed by atoms with E-state index in [1.807, 2.05) is 0 Å². The van der Waals surface area contributed by atoms with Gasteiger partial charge in [-0.25, -0.2) is 0 Å². The van der Waals surface area contributed by atoms with Crippen molar-refractivity contribution in [3.05, 3.63) is 75.3 Å². The fraction of sp³-hybridized carbons (Fsp3) is 0.208. The van der Waals surface area contributed by atoms with Gasteiger partial charge in [0.2, 0.25) is 11.8 Å². The molecule has 3 rings (SSSR count). The van der Waals surface area contributed by atoms with Crippen LogP contribution in [-0.4, -0.2) is 36.4 Å². The van der Waals surface area contributed by atoms with E-state index in [2.05, 4.69) is 16.7 Å². The first-order valence-electron chi connectivity index (χ1n) is 10.1. The number of hydrogen-bond donors (Lipinski definition) is 2. The Morgan fingerprint density at radius 3 is 2.53 bits per heavy atom. The van der Waals surface area contributed by atoms with Gasteiger partial charge < -0.3 is 15.4 Å². The van der Waals surface area contributed by atoms with Crippen molar-refractivity contribution < 1.29 is 23.9 Å². The lowest BCUT2D eigenvalue weighted by Crippen LogP contribution is -2.44. The second-order valence-electron chi connectivity index (χ2n) is 7.35. The Kier molecular flexibility index (Phi) is 8.10. The first-order valence-corrected chi connectivity index (χ1v) is 11.4. The van der Waals surface area contributed by atoms with E-state index in [-0.39, 0.29) is 22.1 Å². The van der Waals surface area contributed by atoms with Gasteiger partial charge in [-0.15, -0.1) is 0 Å². The number of allylic oxidation sites excluding steroid dienone is 1. The van der Waals surface area contributed by atoms with Crippen LogP contribution in [0.4, 0.5) is 5.69 Å². The Balaban J connectivity index is 1.86. The van der Waals surface area contributed by atoms with Crippen LogP contribution in [-0.2, 0) is 19.1 Å². The molecule has 8 nitrogen and oxygen atoms in total. The molecule has 34 heavy (non-hydrogen) atoms. The van der Waals surface area contributed by atoms with Crippen LogP contribution in [0.2, 0.25) is 5.02 Å². The number of rotatable bonds is 7. The van der Waals surface area contributed by atoms with E-state index in [0.717, 1.165) is 11.8 Å². The molecule has 10 heteroatoms. The molecule has 0 bridgehead atoms. The highest BCUT2D eigenvalue weighted by Gasteiger charge is 2.44. The molecule has 2 N–H and O–H groups in total. The van der Waals surface area contributed by atoms with Crippen molar-refractivity contribution in [1.29, 1.82) is 5.26 Å². The number of benzene rings is 2. The van der Waals surface area contributed by atoms with Gasteiger partial charge in [0.15, 0.2) is 5.78 Å². The van der Waals surface area contributed by atoms with E-state index in [4.69, 9.17) is 16.3 Å². The van der Waals surface area contributed by atoms with Crippen LogP contribution in [0.5, 0.6) is 0 Å². The monoisotopic (exact) mass is 497 g/mol. The molecule has 2 aromatic rings. The molecule has 2 atom stereocenters. The number of ether oxygens (including phenoxy) is 1. The van der Waals surface area contributed by atoms with Crippen LogP contribution >= 0.6 is 23.4 Å². The molecule has 174 valence electrons. The zero-order valence-corrected chi connectivity index (χ0v) is 19.8. The lowest BCUT2D eigenvalue weighted by molar-refractivity contribution is -0.150. The van der Waals surface area contributed by atoms with Crippen LogP contribution in [0, 0.1) is 17.2 Å². The highest BCUT2D eigenvalue weighted by Crippen LogP contribution is 2.40. The highest BCUT2D eigenvalue weighted by molar-refractivity contribution is 8.03. The number of methoxy groups -OCH3 is 1. The zero-order chi connectivity index (χ0) is 24.8. The number of nitrogens with one attached hydrogen (secondary N) is 2. The molecule has 2 aromatic carbocycles. The minimum absolute atomic E-state index is 0.124. The van der Waals surface area contributed by atoms with Crippen LogP contribution < -0.4 is 10.6 Å². The molecule has 1 aliphatic heterocycles. The zero-order valence-electron chi connectivity index (χ0n) is 18.3. The van der Waals surface area contributed by atoms with Crippen molar-refractivity contribution >= 4 is 52.6 Å². The van der Waals surface area contributed by atoms with Crippen LogP contribution in [0.1, 0.15) is 28.8 Å².